The second-order valence-electron chi connectivity index (χ2n) is 5.17. The van der Waals surface area contributed by atoms with Crippen molar-refractivity contribution in [3.8, 4) is 0 Å². The van der Waals surface area contributed by atoms with Crippen molar-refractivity contribution in [3.05, 3.63) is 40.5 Å². The third-order valence-corrected chi connectivity index (χ3v) is 4.32. The van der Waals surface area contributed by atoms with Crippen LogP contribution in [0, 0.1) is 0 Å². The largest absolute Gasteiger partial charge is 0.247 e. The lowest BCUT2D eigenvalue weighted by Crippen LogP contribution is -2.19. The summed E-state index contributed by atoms with van der Waals surface area (Å²) in [5.41, 5.74) is 1.61. The van der Waals surface area contributed by atoms with E-state index in [1.807, 2.05) is 51.1 Å². The van der Waals surface area contributed by atoms with Gasteiger partial charge in [-0.15, -0.1) is 0 Å². The molecular weight excluding hydrogens is 324 g/mol. The van der Waals surface area contributed by atoms with Crippen LogP contribution in [0.25, 0.3) is 10.9 Å². The van der Waals surface area contributed by atoms with Crippen molar-refractivity contribution in [1.29, 1.82) is 0 Å². The van der Waals surface area contributed by atoms with Crippen LogP contribution in [0.5, 0.6) is 0 Å². The number of fused-ring (bicyclic) bond motifs is 1. The number of benzene rings is 1. The van der Waals surface area contributed by atoms with Gasteiger partial charge in [0.1, 0.15) is 11.0 Å². The molecule has 0 amide bonds. The number of hydrogen-bond donors (Lipinski definition) is 0. The second kappa shape index (κ2) is 5.51. The monoisotopic (exact) mass is 338 g/mol. The molecule has 2 aromatic rings. The first-order valence-electron chi connectivity index (χ1n) is 5.89. The van der Waals surface area contributed by atoms with Gasteiger partial charge in [-0.25, -0.2) is 9.19 Å². The highest BCUT2D eigenvalue weighted by Crippen LogP contribution is 2.18. The molecular formula is C14H15BrN2OS. The Labute approximate surface area is 123 Å². The van der Waals surface area contributed by atoms with E-state index >= 15 is 0 Å². The van der Waals surface area contributed by atoms with Crippen LogP contribution in [0.1, 0.15) is 26.5 Å². The Bertz CT molecular complexity index is 662. The highest BCUT2D eigenvalue weighted by Gasteiger charge is 2.18. The van der Waals surface area contributed by atoms with Crippen molar-refractivity contribution >= 4 is 44.0 Å². The third-order valence-electron chi connectivity index (χ3n) is 2.48. The van der Waals surface area contributed by atoms with Crippen LogP contribution in [0.4, 0.5) is 0 Å². The number of pyridine rings is 1. The molecule has 5 heteroatoms. The first-order chi connectivity index (χ1) is 8.86. The molecule has 0 aliphatic heterocycles. The van der Waals surface area contributed by atoms with Crippen molar-refractivity contribution in [2.75, 3.05) is 0 Å². The fraction of sp³-hybridized carbons (Fsp3) is 0.286. The molecule has 0 aliphatic carbocycles. The molecule has 19 heavy (non-hydrogen) atoms. The van der Waals surface area contributed by atoms with Gasteiger partial charge in [0, 0.05) is 9.86 Å². The standard InChI is InChI=1S/C14H15BrN2OS/c1-14(2,3)19(18)16-9-12-6-4-10-8-11(15)5-7-13(10)17-12/h4-9H,1-3H3. The summed E-state index contributed by atoms with van der Waals surface area (Å²) < 4.78 is 16.6. The van der Waals surface area contributed by atoms with Crippen molar-refractivity contribution < 1.29 is 4.21 Å². The van der Waals surface area contributed by atoms with Gasteiger partial charge in [-0.05, 0) is 45.0 Å². The number of halogens is 1. The molecule has 2 rings (SSSR count). The molecule has 0 aliphatic rings. The summed E-state index contributed by atoms with van der Waals surface area (Å²) in [5, 5.41) is 1.06. The zero-order valence-corrected chi connectivity index (χ0v) is 13.5. The lowest BCUT2D eigenvalue weighted by Gasteiger charge is -2.12. The summed E-state index contributed by atoms with van der Waals surface area (Å²) in [6.45, 7) is 5.68. The van der Waals surface area contributed by atoms with Crippen molar-refractivity contribution in [1.82, 2.24) is 4.98 Å². The summed E-state index contributed by atoms with van der Waals surface area (Å²) in [4.78, 5) is 4.47. The average Bonchev–Trinajstić information content (AvgIpc) is 2.34. The van der Waals surface area contributed by atoms with E-state index in [0.29, 0.717) is 5.69 Å². The van der Waals surface area contributed by atoms with Crippen LogP contribution in [-0.2, 0) is 11.0 Å². The minimum Gasteiger partial charge on any atom is -0.247 e. The topological polar surface area (TPSA) is 42.3 Å². The summed E-state index contributed by atoms with van der Waals surface area (Å²) >= 11 is 3.43. The predicted octanol–water partition coefficient (Wildman–Crippen LogP) is 3.88. The first-order valence-corrected chi connectivity index (χ1v) is 7.78. The Morgan fingerprint density at radius 3 is 2.68 bits per heavy atom. The van der Waals surface area contributed by atoms with Crippen molar-refractivity contribution in [3.63, 3.8) is 0 Å². The van der Waals surface area contributed by atoms with Crippen molar-refractivity contribution in [2.24, 2.45) is 4.40 Å². The Morgan fingerprint density at radius 1 is 1.26 bits per heavy atom. The fourth-order valence-electron chi connectivity index (χ4n) is 1.44. The predicted molar refractivity (Wildman–Crippen MR) is 84.9 cm³/mol. The quantitative estimate of drug-likeness (QED) is 0.780. The van der Waals surface area contributed by atoms with Gasteiger partial charge in [0.05, 0.1) is 22.2 Å². The van der Waals surface area contributed by atoms with E-state index < -0.39 is 11.0 Å². The van der Waals surface area contributed by atoms with Gasteiger partial charge in [-0.2, -0.15) is 4.40 Å². The van der Waals surface area contributed by atoms with Crippen LogP contribution in [0.3, 0.4) is 0 Å². The average molecular weight is 339 g/mol. The third kappa shape index (κ3) is 3.70. The molecule has 1 atom stereocenters. The van der Waals surface area contributed by atoms with E-state index in [-0.39, 0.29) is 4.75 Å². The Morgan fingerprint density at radius 2 is 2.00 bits per heavy atom. The molecule has 1 aromatic heterocycles. The number of nitrogens with zero attached hydrogens (tertiary/aromatic N) is 2. The van der Waals surface area contributed by atoms with Gasteiger partial charge in [-0.3, -0.25) is 0 Å². The number of aromatic nitrogens is 1. The second-order valence-corrected chi connectivity index (χ2v) is 8.02. The van der Waals surface area contributed by atoms with Gasteiger partial charge < -0.3 is 0 Å². The maximum absolute atomic E-state index is 11.8. The first kappa shape index (κ1) is 14.3. The van der Waals surface area contributed by atoms with E-state index in [1.165, 1.54) is 0 Å². The van der Waals surface area contributed by atoms with Gasteiger partial charge >= 0.3 is 0 Å². The summed E-state index contributed by atoms with van der Waals surface area (Å²) in [6.07, 6.45) is 1.57. The zero-order chi connectivity index (χ0) is 14.0. The van der Waals surface area contributed by atoms with E-state index in [1.54, 1.807) is 6.21 Å². The van der Waals surface area contributed by atoms with E-state index in [0.717, 1.165) is 15.4 Å². The fourth-order valence-corrected chi connectivity index (χ4v) is 2.34. The zero-order valence-electron chi connectivity index (χ0n) is 11.1. The van der Waals surface area contributed by atoms with Crippen LogP contribution in [0.15, 0.2) is 39.2 Å². The molecule has 0 fully saturated rings. The lowest BCUT2D eigenvalue weighted by atomic mass is 10.2. The van der Waals surface area contributed by atoms with Gasteiger partial charge in [0.15, 0.2) is 0 Å². The van der Waals surface area contributed by atoms with Crippen LogP contribution >= 0.6 is 15.9 Å². The van der Waals surface area contributed by atoms with Crippen molar-refractivity contribution in [2.45, 2.75) is 25.5 Å². The highest BCUT2D eigenvalue weighted by atomic mass is 79.9. The molecule has 0 N–H and O–H groups in total. The summed E-state index contributed by atoms with van der Waals surface area (Å²) in [6, 6.07) is 9.75. The maximum atomic E-state index is 11.8. The summed E-state index contributed by atoms with van der Waals surface area (Å²) in [7, 11) is -1.25. The SMILES string of the molecule is CC(C)(C)S(=O)N=Cc1ccc2cc(Br)ccc2n1. The normalized spacial score (nSPS) is 14.1. The highest BCUT2D eigenvalue weighted by molar-refractivity contribution is 9.10. The number of rotatable bonds is 2. The molecule has 0 radical (unpaired) electrons. The Kier molecular flexibility index (Phi) is 4.16. The lowest BCUT2D eigenvalue weighted by molar-refractivity contribution is 0.651. The molecule has 0 saturated heterocycles. The van der Waals surface area contributed by atoms with E-state index in [9.17, 15) is 4.21 Å². The Hall–Kier alpha value is -1.07. The van der Waals surface area contributed by atoms with E-state index in [4.69, 9.17) is 0 Å². The Balaban J connectivity index is 2.30. The van der Waals surface area contributed by atoms with Gasteiger partial charge in [0.25, 0.3) is 0 Å². The molecule has 1 heterocycles. The van der Waals surface area contributed by atoms with Gasteiger partial charge in [0.2, 0.25) is 0 Å². The maximum Gasteiger partial charge on any atom is 0.144 e. The molecule has 3 nitrogen and oxygen atoms in total. The molecule has 0 bridgehead atoms. The number of hydrogen-bond acceptors (Lipinski definition) is 2. The summed E-state index contributed by atoms with van der Waals surface area (Å²) in [5.74, 6) is 0. The molecule has 1 unspecified atom stereocenters. The van der Waals surface area contributed by atoms with E-state index in [2.05, 4.69) is 25.3 Å². The molecule has 0 saturated carbocycles. The van der Waals surface area contributed by atoms with Crippen LogP contribution in [-0.4, -0.2) is 20.2 Å². The van der Waals surface area contributed by atoms with Gasteiger partial charge in [-0.1, -0.05) is 22.0 Å². The van der Waals surface area contributed by atoms with Crippen LogP contribution < -0.4 is 0 Å². The van der Waals surface area contributed by atoms with Crippen LogP contribution in [0.2, 0.25) is 0 Å². The molecule has 0 spiro atoms. The minimum absolute atomic E-state index is 0.349. The smallest absolute Gasteiger partial charge is 0.144 e. The minimum atomic E-state index is -1.25. The molecule has 1 aromatic carbocycles. The molecule has 100 valence electrons.